The third-order valence-electron chi connectivity index (χ3n) is 4.65. The quantitative estimate of drug-likeness (QED) is 0.462. The summed E-state index contributed by atoms with van der Waals surface area (Å²) in [5.41, 5.74) is 2.54. The van der Waals surface area contributed by atoms with Crippen molar-refractivity contribution in [1.82, 2.24) is 10.3 Å². The van der Waals surface area contributed by atoms with Gasteiger partial charge in [0.05, 0.1) is 17.3 Å². The van der Waals surface area contributed by atoms with Crippen LogP contribution in [0.3, 0.4) is 0 Å². The lowest BCUT2D eigenvalue weighted by molar-refractivity contribution is 0.0951. The van der Waals surface area contributed by atoms with Crippen LogP contribution >= 0.6 is 0 Å². The maximum absolute atomic E-state index is 13.3. The van der Waals surface area contributed by atoms with Gasteiger partial charge in [-0.25, -0.2) is 4.98 Å². The number of nitrogens with one attached hydrogen (secondary N) is 1. The van der Waals surface area contributed by atoms with Crippen molar-refractivity contribution in [2.45, 2.75) is 6.54 Å². The summed E-state index contributed by atoms with van der Waals surface area (Å²) in [5, 5.41) is 3.38. The van der Waals surface area contributed by atoms with Crippen molar-refractivity contribution in [1.29, 1.82) is 0 Å². The van der Waals surface area contributed by atoms with Gasteiger partial charge in [0.25, 0.3) is 5.91 Å². The molecule has 0 aliphatic heterocycles. The lowest BCUT2D eigenvalue weighted by Gasteiger charge is -2.17. The highest BCUT2D eigenvalue weighted by atomic mass is 32.2. The van der Waals surface area contributed by atoms with E-state index >= 15 is 0 Å². The van der Waals surface area contributed by atoms with Crippen molar-refractivity contribution < 1.29 is 17.4 Å². The monoisotopic (exact) mass is 432 g/mol. The third-order valence-corrected chi connectivity index (χ3v) is 5.12. The standard InChI is InChI=1S/C24H20N2O4S/c1-31(28,29)30-23-21(24(27)25-16-17-10-4-2-5-11-17)19-14-8-9-15-20(19)26-22(23)18-12-6-3-7-13-18/h2-15H,16H2,1H3,(H,25,27). The van der Waals surface area contributed by atoms with Crippen LogP contribution in [-0.4, -0.2) is 25.6 Å². The Morgan fingerprint density at radius 2 is 1.52 bits per heavy atom. The molecule has 0 aliphatic carbocycles. The first kappa shape index (κ1) is 20.6. The fourth-order valence-electron chi connectivity index (χ4n) is 3.31. The van der Waals surface area contributed by atoms with Gasteiger partial charge in [-0.05, 0) is 11.6 Å². The molecule has 0 bridgehead atoms. The summed E-state index contributed by atoms with van der Waals surface area (Å²) >= 11 is 0. The van der Waals surface area contributed by atoms with E-state index in [0.717, 1.165) is 11.8 Å². The van der Waals surface area contributed by atoms with Crippen molar-refractivity contribution in [2.75, 3.05) is 6.26 Å². The zero-order valence-electron chi connectivity index (χ0n) is 16.8. The Labute approximate surface area is 180 Å². The minimum Gasteiger partial charge on any atom is -0.379 e. The molecule has 0 radical (unpaired) electrons. The second-order valence-corrected chi connectivity index (χ2v) is 8.58. The van der Waals surface area contributed by atoms with E-state index in [1.54, 1.807) is 30.3 Å². The fraction of sp³-hybridized carbons (Fsp3) is 0.0833. The number of hydrogen-bond acceptors (Lipinski definition) is 5. The predicted octanol–water partition coefficient (Wildman–Crippen LogP) is 4.17. The number of rotatable bonds is 6. The number of pyridine rings is 1. The predicted molar refractivity (Wildman–Crippen MR) is 120 cm³/mol. The number of para-hydroxylation sites is 1. The molecule has 0 unspecified atom stereocenters. The highest BCUT2D eigenvalue weighted by molar-refractivity contribution is 7.86. The van der Waals surface area contributed by atoms with Crippen molar-refractivity contribution in [3.05, 3.63) is 96.1 Å². The summed E-state index contributed by atoms with van der Waals surface area (Å²) in [6.07, 6.45) is 0.947. The Hall–Kier alpha value is -3.71. The zero-order chi connectivity index (χ0) is 21.8. The van der Waals surface area contributed by atoms with E-state index in [-0.39, 0.29) is 23.6 Å². The number of fused-ring (bicyclic) bond motifs is 1. The summed E-state index contributed by atoms with van der Waals surface area (Å²) in [5.74, 6) is -0.531. The Balaban J connectivity index is 1.90. The van der Waals surface area contributed by atoms with E-state index in [1.165, 1.54) is 0 Å². The lowest BCUT2D eigenvalue weighted by atomic mass is 10.0. The highest BCUT2D eigenvalue weighted by Gasteiger charge is 2.25. The molecule has 31 heavy (non-hydrogen) atoms. The molecule has 6 nitrogen and oxygen atoms in total. The normalized spacial score (nSPS) is 11.3. The Morgan fingerprint density at radius 3 is 2.19 bits per heavy atom. The van der Waals surface area contributed by atoms with Crippen molar-refractivity contribution in [3.63, 3.8) is 0 Å². The van der Waals surface area contributed by atoms with Crippen LogP contribution in [0.1, 0.15) is 15.9 Å². The largest absolute Gasteiger partial charge is 0.379 e. The average Bonchev–Trinajstić information content (AvgIpc) is 2.77. The summed E-state index contributed by atoms with van der Waals surface area (Å²) in [6.45, 7) is 0.287. The summed E-state index contributed by atoms with van der Waals surface area (Å²) < 4.78 is 29.5. The second kappa shape index (κ2) is 8.57. The molecular formula is C24H20N2O4S. The topological polar surface area (TPSA) is 85.4 Å². The van der Waals surface area contributed by atoms with E-state index in [1.807, 2.05) is 54.6 Å². The smallest absolute Gasteiger partial charge is 0.306 e. The van der Waals surface area contributed by atoms with Crippen molar-refractivity contribution in [2.24, 2.45) is 0 Å². The van der Waals surface area contributed by atoms with Gasteiger partial charge in [0.2, 0.25) is 0 Å². The van der Waals surface area contributed by atoms with E-state index in [4.69, 9.17) is 4.18 Å². The van der Waals surface area contributed by atoms with Crippen LogP contribution in [0.15, 0.2) is 84.9 Å². The Morgan fingerprint density at radius 1 is 0.903 bits per heavy atom. The number of carbonyl (C=O) groups is 1. The third kappa shape index (κ3) is 4.73. The van der Waals surface area contributed by atoms with E-state index < -0.39 is 16.0 Å². The number of nitrogens with zero attached hydrogens (tertiary/aromatic N) is 1. The van der Waals surface area contributed by atoms with Gasteiger partial charge in [-0.15, -0.1) is 0 Å². The summed E-state index contributed by atoms with van der Waals surface area (Å²) in [4.78, 5) is 17.9. The number of carbonyl (C=O) groups excluding carboxylic acids is 1. The maximum atomic E-state index is 13.3. The SMILES string of the molecule is CS(=O)(=O)Oc1c(-c2ccccc2)nc2ccccc2c1C(=O)NCc1ccccc1. The van der Waals surface area contributed by atoms with Crippen LogP contribution in [0, 0.1) is 0 Å². The minimum atomic E-state index is -3.92. The first-order valence-corrected chi connectivity index (χ1v) is 11.4. The molecule has 4 rings (SSSR count). The number of aromatic nitrogens is 1. The van der Waals surface area contributed by atoms with Gasteiger partial charge >= 0.3 is 10.1 Å². The average molecular weight is 433 g/mol. The van der Waals surface area contributed by atoms with Gasteiger partial charge in [-0.1, -0.05) is 78.9 Å². The minimum absolute atomic E-state index is 0.0852. The molecule has 0 spiro atoms. The van der Waals surface area contributed by atoms with Crippen molar-refractivity contribution >= 4 is 26.9 Å². The molecule has 1 amide bonds. The number of amides is 1. The molecule has 1 N–H and O–H groups in total. The molecule has 4 aromatic rings. The first-order chi connectivity index (χ1) is 14.9. The second-order valence-electron chi connectivity index (χ2n) is 7.00. The molecule has 0 saturated heterocycles. The Bertz CT molecular complexity index is 1340. The van der Waals surface area contributed by atoms with Crippen LogP contribution in [0.25, 0.3) is 22.2 Å². The molecule has 7 heteroatoms. The van der Waals surface area contributed by atoms with Crippen LogP contribution in [0.5, 0.6) is 5.75 Å². The van der Waals surface area contributed by atoms with Gasteiger partial charge < -0.3 is 9.50 Å². The summed E-state index contributed by atoms with van der Waals surface area (Å²) in [6, 6.07) is 25.6. The van der Waals surface area contributed by atoms with E-state index in [2.05, 4.69) is 10.3 Å². The van der Waals surface area contributed by atoms with E-state index in [9.17, 15) is 13.2 Å². The van der Waals surface area contributed by atoms with Crippen LogP contribution in [0.4, 0.5) is 0 Å². The molecular weight excluding hydrogens is 412 g/mol. The molecule has 3 aromatic carbocycles. The molecule has 0 saturated carbocycles. The number of hydrogen-bond donors (Lipinski definition) is 1. The van der Waals surface area contributed by atoms with Crippen molar-refractivity contribution in [3.8, 4) is 17.0 Å². The van der Waals surface area contributed by atoms with Crippen LogP contribution < -0.4 is 9.50 Å². The molecule has 1 heterocycles. The van der Waals surface area contributed by atoms with Gasteiger partial charge in [-0.3, -0.25) is 4.79 Å². The molecule has 156 valence electrons. The van der Waals surface area contributed by atoms with Gasteiger partial charge in [0.15, 0.2) is 5.75 Å². The summed E-state index contributed by atoms with van der Waals surface area (Å²) in [7, 11) is -3.92. The molecule has 0 fully saturated rings. The molecule has 0 aliphatic rings. The first-order valence-electron chi connectivity index (χ1n) is 9.62. The Kier molecular flexibility index (Phi) is 5.68. The maximum Gasteiger partial charge on any atom is 0.306 e. The highest BCUT2D eigenvalue weighted by Crippen LogP contribution is 2.37. The van der Waals surface area contributed by atoms with Gasteiger partial charge in [0, 0.05) is 17.5 Å². The molecule has 1 aromatic heterocycles. The van der Waals surface area contributed by atoms with Gasteiger partial charge in [0.1, 0.15) is 5.69 Å². The van der Waals surface area contributed by atoms with E-state index in [0.29, 0.717) is 16.5 Å². The van der Waals surface area contributed by atoms with Crippen LogP contribution in [-0.2, 0) is 16.7 Å². The van der Waals surface area contributed by atoms with Crippen LogP contribution in [0.2, 0.25) is 0 Å². The van der Waals surface area contributed by atoms with Gasteiger partial charge in [-0.2, -0.15) is 8.42 Å². The zero-order valence-corrected chi connectivity index (χ0v) is 17.6. The fourth-order valence-corrected chi connectivity index (χ4v) is 3.78. The lowest BCUT2D eigenvalue weighted by Crippen LogP contribution is -2.25. The number of benzene rings is 3. The molecule has 0 atom stereocenters.